The molecule has 1 saturated heterocycles. The van der Waals surface area contributed by atoms with E-state index < -0.39 is 0 Å². The van der Waals surface area contributed by atoms with E-state index in [1.54, 1.807) is 0 Å². The molecule has 3 N–H and O–H groups in total. The van der Waals surface area contributed by atoms with Crippen LogP contribution in [0.15, 0.2) is 24.3 Å². The first-order valence-electron chi connectivity index (χ1n) is 6.66. The number of benzene rings is 1. The Labute approximate surface area is 113 Å². The molecule has 2 rings (SSSR count). The monoisotopic (exact) mass is 263 g/mol. The van der Waals surface area contributed by atoms with Crippen molar-refractivity contribution in [3.8, 4) is 0 Å². The smallest absolute Gasteiger partial charge is 0.221 e. The Balaban J connectivity index is 1.68. The van der Waals surface area contributed by atoms with Gasteiger partial charge in [-0.15, -0.1) is 0 Å². The molecule has 0 aromatic heterocycles. The number of para-hydroxylation sites is 1. The number of nitrogens with two attached hydrogens (primary N) is 1. The van der Waals surface area contributed by atoms with Gasteiger partial charge in [-0.25, -0.2) is 0 Å². The highest BCUT2D eigenvalue weighted by atomic mass is 16.5. The van der Waals surface area contributed by atoms with Crippen molar-refractivity contribution >= 4 is 11.6 Å². The Kier molecular flexibility index (Phi) is 5.18. The summed E-state index contributed by atoms with van der Waals surface area (Å²) in [5.41, 5.74) is 7.50. The quantitative estimate of drug-likeness (QED) is 0.764. The molecule has 0 spiro atoms. The summed E-state index contributed by atoms with van der Waals surface area (Å²) in [6.45, 7) is 4.65. The van der Waals surface area contributed by atoms with Crippen molar-refractivity contribution in [2.24, 2.45) is 0 Å². The normalized spacial score (nSPS) is 16.2. The molecular formula is C14H21N3O2. The lowest BCUT2D eigenvalue weighted by atomic mass is 10.2. The number of nitrogens with zero attached hydrogens (tertiary/aromatic N) is 1. The van der Waals surface area contributed by atoms with Crippen molar-refractivity contribution in [1.29, 1.82) is 0 Å². The first-order chi connectivity index (χ1) is 9.25. The molecule has 0 radical (unpaired) electrons. The van der Waals surface area contributed by atoms with Crippen molar-refractivity contribution in [3.05, 3.63) is 29.8 Å². The highest BCUT2D eigenvalue weighted by molar-refractivity contribution is 5.76. The summed E-state index contributed by atoms with van der Waals surface area (Å²) in [5.74, 6) is 0.0646. The predicted molar refractivity (Wildman–Crippen MR) is 74.6 cm³/mol. The molecule has 1 aromatic carbocycles. The molecule has 104 valence electrons. The molecule has 19 heavy (non-hydrogen) atoms. The molecule has 0 bridgehead atoms. The average molecular weight is 263 g/mol. The Morgan fingerprint density at radius 3 is 2.79 bits per heavy atom. The lowest BCUT2D eigenvalue weighted by Crippen LogP contribution is -2.38. The van der Waals surface area contributed by atoms with E-state index in [0.29, 0.717) is 13.0 Å². The first kappa shape index (κ1) is 13.8. The highest BCUT2D eigenvalue weighted by Crippen LogP contribution is 2.09. The number of ether oxygens (including phenoxy) is 1. The van der Waals surface area contributed by atoms with Gasteiger partial charge in [0.2, 0.25) is 5.91 Å². The second-order valence-electron chi connectivity index (χ2n) is 4.68. The third-order valence-electron chi connectivity index (χ3n) is 3.29. The van der Waals surface area contributed by atoms with E-state index >= 15 is 0 Å². The van der Waals surface area contributed by atoms with Gasteiger partial charge in [-0.1, -0.05) is 18.2 Å². The lowest BCUT2D eigenvalue weighted by molar-refractivity contribution is -0.121. The molecule has 1 aliphatic heterocycles. The van der Waals surface area contributed by atoms with E-state index in [9.17, 15) is 4.79 Å². The van der Waals surface area contributed by atoms with Gasteiger partial charge in [-0.2, -0.15) is 0 Å². The molecule has 0 saturated carbocycles. The standard InChI is InChI=1S/C14H21N3O2/c15-13-4-2-1-3-12(13)11-16-14(18)5-6-17-7-9-19-10-8-17/h1-4H,5-11,15H2,(H,16,18). The summed E-state index contributed by atoms with van der Waals surface area (Å²) in [6, 6.07) is 7.58. The van der Waals surface area contributed by atoms with Gasteiger partial charge < -0.3 is 15.8 Å². The van der Waals surface area contributed by atoms with Crippen molar-refractivity contribution in [3.63, 3.8) is 0 Å². The van der Waals surface area contributed by atoms with Gasteiger partial charge in [-0.05, 0) is 11.6 Å². The minimum atomic E-state index is 0.0646. The van der Waals surface area contributed by atoms with Crippen molar-refractivity contribution < 1.29 is 9.53 Å². The van der Waals surface area contributed by atoms with Crippen LogP contribution < -0.4 is 11.1 Å². The third kappa shape index (κ3) is 4.54. The van der Waals surface area contributed by atoms with Crippen LogP contribution in [0.3, 0.4) is 0 Å². The molecule has 5 nitrogen and oxygen atoms in total. The number of amides is 1. The second kappa shape index (κ2) is 7.11. The number of carbonyl (C=O) groups is 1. The van der Waals surface area contributed by atoms with Gasteiger partial charge in [0.1, 0.15) is 0 Å². The fraction of sp³-hybridized carbons (Fsp3) is 0.500. The minimum Gasteiger partial charge on any atom is -0.398 e. The SMILES string of the molecule is Nc1ccccc1CNC(=O)CCN1CCOCC1. The number of hydrogen-bond donors (Lipinski definition) is 2. The fourth-order valence-electron chi connectivity index (χ4n) is 2.06. The number of rotatable bonds is 5. The largest absolute Gasteiger partial charge is 0.398 e. The van der Waals surface area contributed by atoms with Crippen molar-refractivity contribution in [2.45, 2.75) is 13.0 Å². The van der Waals surface area contributed by atoms with Gasteiger partial charge in [-0.3, -0.25) is 9.69 Å². The van der Waals surface area contributed by atoms with Crippen LogP contribution in [-0.2, 0) is 16.1 Å². The number of carbonyl (C=O) groups excluding carboxylic acids is 1. The number of morpholine rings is 1. The summed E-state index contributed by atoms with van der Waals surface area (Å²) in [5, 5.41) is 2.90. The van der Waals surface area contributed by atoms with E-state index in [-0.39, 0.29) is 5.91 Å². The maximum absolute atomic E-state index is 11.8. The summed E-state index contributed by atoms with van der Waals surface area (Å²) in [6.07, 6.45) is 0.521. The summed E-state index contributed by atoms with van der Waals surface area (Å²) in [4.78, 5) is 14.0. The van der Waals surface area contributed by atoms with E-state index in [4.69, 9.17) is 10.5 Å². The van der Waals surface area contributed by atoms with Crippen LogP contribution >= 0.6 is 0 Å². The Morgan fingerprint density at radius 1 is 1.32 bits per heavy atom. The maximum atomic E-state index is 11.8. The molecule has 0 aliphatic carbocycles. The Morgan fingerprint density at radius 2 is 2.05 bits per heavy atom. The summed E-state index contributed by atoms with van der Waals surface area (Å²) in [7, 11) is 0. The van der Waals surface area contributed by atoms with Crippen LogP contribution in [0.4, 0.5) is 5.69 Å². The predicted octanol–water partition coefficient (Wildman–Crippen LogP) is 0.607. The van der Waals surface area contributed by atoms with Gasteiger partial charge >= 0.3 is 0 Å². The van der Waals surface area contributed by atoms with Gasteiger partial charge in [0.25, 0.3) is 0 Å². The zero-order valence-corrected chi connectivity index (χ0v) is 11.1. The Bertz CT molecular complexity index is 417. The molecule has 1 heterocycles. The molecule has 1 aliphatic rings. The molecule has 1 aromatic rings. The molecule has 1 amide bonds. The number of nitrogen functional groups attached to an aromatic ring is 1. The molecule has 0 atom stereocenters. The molecule has 1 fully saturated rings. The lowest BCUT2D eigenvalue weighted by Gasteiger charge is -2.26. The van der Waals surface area contributed by atoms with Crippen LogP contribution in [0.1, 0.15) is 12.0 Å². The number of anilines is 1. The van der Waals surface area contributed by atoms with Crippen molar-refractivity contribution in [1.82, 2.24) is 10.2 Å². The van der Waals surface area contributed by atoms with Crippen LogP contribution in [-0.4, -0.2) is 43.7 Å². The topological polar surface area (TPSA) is 67.6 Å². The highest BCUT2D eigenvalue weighted by Gasteiger charge is 2.11. The second-order valence-corrected chi connectivity index (χ2v) is 4.68. The third-order valence-corrected chi connectivity index (χ3v) is 3.29. The van der Waals surface area contributed by atoms with E-state index in [1.807, 2.05) is 24.3 Å². The number of hydrogen-bond acceptors (Lipinski definition) is 4. The summed E-state index contributed by atoms with van der Waals surface area (Å²) < 4.78 is 5.27. The van der Waals surface area contributed by atoms with Gasteiger partial charge in [0.05, 0.1) is 13.2 Å². The zero-order valence-electron chi connectivity index (χ0n) is 11.1. The van der Waals surface area contributed by atoms with Crippen LogP contribution in [0.25, 0.3) is 0 Å². The average Bonchev–Trinajstić information content (AvgIpc) is 2.45. The van der Waals surface area contributed by atoms with Crippen LogP contribution in [0.5, 0.6) is 0 Å². The van der Waals surface area contributed by atoms with E-state index in [0.717, 1.165) is 44.1 Å². The van der Waals surface area contributed by atoms with Crippen LogP contribution in [0, 0.1) is 0 Å². The van der Waals surface area contributed by atoms with E-state index in [1.165, 1.54) is 0 Å². The van der Waals surface area contributed by atoms with E-state index in [2.05, 4.69) is 10.2 Å². The Hall–Kier alpha value is -1.59. The van der Waals surface area contributed by atoms with Gasteiger partial charge in [0, 0.05) is 38.3 Å². The minimum absolute atomic E-state index is 0.0646. The molecular weight excluding hydrogens is 242 g/mol. The zero-order chi connectivity index (χ0) is 13.5. The first-order valence-corrected chi connectivity index (χ1v) is 6.66. The van der Waals surface area contributed by atoms with Crippen LogP contribution in [0.2, 0.25) is 0 Å². The summed E-state index contributed by atoms with van der Waals surface area (Å²) >= 11 is 0. The maximum Gasteiger partial charge on any atom is 0.221 e. The van der Waals surface area contributed by atoms with Gasteiger partial charge in [0.15, 0.2) is 0 Å². The number of nitrogens with one attached hydrogen (secondary N) is 1. The molecule has 5 heteroatoms. The van der Waals surface area contributed by atoms with Crippen molar-refractivity contribution in [2.75, 3.05) is 38.6 Å². The molecule has 0 unspecified atom stereocenters. The fourth-order valence-corrected chi connectivity index (χ4v) is 2.06.